The van der Waals surface area contributed by atoms with Crippen LogP contribution in [0.1, 0.15) is 18.9 Å². The Labute approximate surface area is 99.6 Å². The molecule has 0 fully saturated rings. The molecule has 1 aromatic rings. The van der Waals surface area contributed by atoms with E-state index >= 15 is 0 Å². The molecule has 0 aliphatic carbocycles. The summed E-state index contributed by atoms with van der Waals surface area (Å²) in [5.74, 6) is -1.31. The van der Waals surface area contributed by atoms with E-state index in [4.69, 9.17) is 0 Å². The number of hydrogen-bond acceptors (Lipinski definition) is 4. The summed E-state index contributed by atoms with van der Waals surface area (Å²) in [6.07, 6.45) is -0.447. The number of nitrogens with zero attached hydrogens (tertiary/aromatic N) is 1. The third kappa shape index (κ3) is 4.65. The van der Waals surface area contributed by atoms with Gasteiger partial charge in [0, 0.05) is 0 Å². The summed E-state index contributed by atoms with van der Waals surface area (Å²) < 4.78 is 4.62. The highest BCUT2D eigenvalue weighted by Crippen LogP contribution is 2.04. The smallest absolute Gasteiger partial charge is 0.315 e. The number of hydrogen-bond donors (Lipinski definition) is 1. The Bertz CT molecular complexity index is 377. The van der Waals surface area contributed by atoms with Crippen molar-refractivity contribution in [3.05, 3.63) is 35.9 Å². The van der Waals surface area contributed by atoms with Gasteiger partial charge in [0.25, 0.3) is 5.91 Å². The minimum absolute atomic E-state index is 0.0546. The Hall–Kier alpha value is -1.88. The first-order valence-corrected chi connectivity index (χ1v) is 5.32. The molecule has 1 rings (SSSR count). The molecule has 0 radical (unpaired) electrons. The molecule has 0 saturated carbocycles. The summed E-state index contributed by atoms with van der Waals surface area (Å²) in [5.41, 5.74) is 0.784. The van der Waals surface area contributed by atoms with Crippen LogP contribution in [0.5, 0.6) is 0 Å². The second-order valence-corrected chi connectivity index (χ2v) is 3.42. The summed E-state index contributed by atoms with van der Waals surface area (Å²) in [6.45, 7) is 1.93. The van der Waals surface area contributed by atoms with Gasteiger partial charge in [-0.2, -0.15) is 0 Å². The van der Waals surface area contributed by atoms with Crippen LogP contribution in [0.15, 0.2) is 30.3 Å². The van der Waals surface area contributed by atoms with Gasteiger partial charge in [0.05, 0.1) is 13.2 Å². The van der Waals surface area contributed by atoms with E-state index in [0.717, 1.165) is 5.56 Å². The van der Waals surface area contributed by atoms with Crippen LogP contribution in [0.2, 0.25) is 0 Å². The SMILES string of the molecule is CCOC(=O)CC(=O)N(O)Cc1ccccc1. The molecule has 5 heteroatoms. The van der Waals surface area contributed by atoms with Gasteiger partial charge >= 0.3 is 5.97 Å². The lowest BCUT2D eigenvalue weighted by Gasteiger charge is -2.14. The molecule has 92 valence electrons. The predicted molar refractivity (Wildman–Crippen MR) is 60.0 cm³/mol. The maximum atomic E-state index is 11.4. The molecule has 0 heterocycles. The van der Waals surface area contributed by atoms with Gasteiger partial charge in [-0.25, -0.2) is 5.06 Å². The second-order valence-electron chi connectivity index (χ2n) is 3.42. The predicted octanol–water partition coefficient (Wildman–Crippen LogP) is 1.36. The van der Waals surface area contributed by atoms with Gasteiger partial charge in [0.15, 0.2) is 0 Å². The second kappa shape index (κ2) is 6.65. The topological polar surface area (TPSA) is 66.8 Å². The number of ether oxygens (including phenoxy) is 1. The molecule has 5 nitrogen and oxygen atoms in total. The van der Waals surface area contributed by atoms with Crippen molar-refractivity contribution in [2.75, 3.05) is 6.61 Å². The molecule has 0 bridgehead atoms. The maximum absolute atomic E-state index is 11.4. The number of carbonyl (C=O) groups is 2. The van der Waals surface area contributed by atoms with E-state index in [1.54, 1.807) is 31.2 Å². The van der Waals surface area contributed by atoms with Crippen molar-refractivity contribution in [3.63, 3.8) is 0 Å². The van der Waals surface area contributed by atoms with Crippen LogP contribution in [-0.4, -0.2) is 28.8 Å². The molecule has 0 unspecified atom stereocenters. The van der Waals surface area contributed by atoms with Crippen molar-refractivity contribution < 1.29 is 19.5 Å². The van der Waals surface area contributed by atoms with Crippen LogP contribution in [0.3, 0.4) is 0 Å². The Morgan fingerprint density at radius 3 is 2.53 bits per heavy atom. The summed E-state index contributed by atoms with van der Waals surface area (Å²) in [6, 6.07) is 9.01. The summed E-state index contributed by atoms with van der Waals surface area (Å²) in [4.78, 5) is 22.4. The first-order chi connectivity index (χ1) is 8.13. The van der Waals surface area contributed by atoms with Gasteiger partial charge in [-0.05, 0) is 12.5 Å². The molecule has 0 aromatic heterocycles. The van der Waals surface area contributed by atoms with Crippen LogP contribution in [-0.2, 0) is 20.9 Å². The minimum atomic E-state index is -0.674. The fraction of sp³-hybridized carbons (Fsp3) is 0.333. The fourth-order valence-corrected chi connectivity index (χ4v) is 1.27. The van der Waals surface area contributed by atoms with Crippen molar-refractivity contribution in [2.45, 2.75) is 19.9 Å². The molecule has 17 heavy (non-hydrogen) atoms. The molecule has 0 aliphatic heterocycles. The van der Waals surface area contributed by atoms with Gasteiger partial charge in [0.2, 0.25) is 0 Å². The van der Waals surface area contributed by atoms with E-state index in [0.29, 0.717) is 5.06 Å². The zero-order valence-corrected chi connectivity index (χ0v) is 9.63. The van der Waals surface area contributed by atoms with E-state index < -0.39 is 18.3 Å². The zero-order valence-electron chi connectivity index (χ0n) is 9.63. The fourth-order valence-electron chi connectivity index (χ4n) is 1.27. The summed E-state index contributed by atoms with van der Waals surface area (Å²) in [5, 5.41) is 9.98. The van der Waals surface area contributed by atoms with Crippen LogP contribution >= 0.6 is 0 Å². The third-order valence-corrected chi connectivity index (χ3v) is 2.06. The average Bonchev–Trinajstić information content (AvgIpc) is 2.30. The van der Waals surface area contributed by atoms with Crippen molar-refractivity contribution in [1.82, 2.24) is 5.06 Å². The van der Waals surface area contributed by atoms with E-state index in [1.807, 2.05) is 6.07 Å². The number of hydroxylamine groups is 2. The Morgan fingerprint density at radius 2 is 1.94 bits per heavy atom. The lowest BCUT2D eigenvalue weighted by molar-refractivity contribution is -0.172. The lowest BCUT2D eigenvalue weighted by atomic mass is 10.2. The normalized spacial score (nSPS) is 9.76. The number of amides is 1. The Balaban J connectivity index is 2.45. The standard InChI is InChI=1S/C12H15NO4/c1-2-17-12(15)8-11(14)13(16)9-10-6-4-3-5-7-10/h3-7,16H,2,8-9H2,1H3. The monoisotopic (exact) mass is 237 g/mol. The first-order valence-electron chi connectivity index (χ1n) is 5.32. The third-order valence-electron chi connectivity index (χ3n) is 2.06. The van der Waals surface area contributed by atoms with E-state index in [9.17, 15) is 14.8 Å². The van der Waals surface area contributed by atoms with Crippen LogP contribution in [0, 0.1) is 0 Å². The van der Waals surface area contributed by atoms with E-state index in [1.165, 1.54) is 0 Å². The minimum Gasteiger partial charge on any atom is -0.466 e. The molecule has 0 atom stereocenters. The van der Waals surface area contributed by atoms with Crippen molar-refractivity contribution >= 4 is 11.9 Å². The number of carbonyl (C=O) groups excluding carboxylic acids is 2. The summed E-state index contributed by atoms with van der Waals surface area (Å²) >= 11 is 0. The number of benzene rings is 1. The lowest BCUT2D eigenvalue weighted by Crippen LogP contribution is -2.29. The van der Waals surface area contributed by atoms with Crippen LogP contribution < -0.4 is 0 Å². The first kappa shape index (κ1) is 13.2. The van der Waals surface area contributed by atoms with Crippen molar-refractivity contribution in [1.29, 1.82) is 0 Å². The van der Waals surface area contributed by atoms with Gasteiger partial charge in [-0.3, -0.25) is 14.8 Å². The highest BCUT2D eigenvalue weighted by molar-refractivity contribution is 5.93. The van der Waals surface area contributed by atoms with Crippen molar-refractivity contribution in [3.8, 4) is 0 Å². The quantitative estimate of drug-likeness (QED) is 0.363. The maximum Gasteiger partial charge on any atom is 0.315 e. The molecule has 0 spiro atoms. The molecule has 1 N–H and O–H groups in total. The van der Waals surface area contributed by atoms with E-state index in [2.05, 4.69) is 4.74 Å². The van der Waals surface area contributed by atoms with Crippen molar-refractivity contribution in [2.24, 2.45) is 0 Å². The average molecular weight is 237 g/mol. The van der Waals surface area contributed by atoms with Crippen LogP contribution in [0.25, 0.3) is 0 Å². The number of rotatable bonds is 5. The molecule has 0 aliphatic rings. The van der Waals surface area contributed by atoms with E-state index in [-0.39, 0.29) is 13.2 Å². The number of esters is 1. The van der Waals surface area contributed by atoms with Gasteiger partial charge in [-0.15, -0.1) is 0 Å². The Kier molecular flexibility index (Phi) is 5.16. The largest absolute Gasteiger partial charge is 0.466 e. The van der Waals surface area contributed by atoms with Gasteiger partial charge < -0.3 is 4.74 Å². The zero-order chi connectivity index (χ0) is 12.7. The molecule has 1 aromatic carbocycles. The van der Waals surface area contributed by atoms with Crippen LogP contribution in [0.4, 0.5) is 0 Å². The molecular weight excluding hydrogens is 222 g/mol. The van der Waals surface area contributed by atoms with Gasteiger partial charge in [-0.1, -0.05) is 30.3 Å². The highest BCUT2D eigenvalue weighted by atomic mass is 16.5. The van der Waals surface area contributed by atoms with Gasteiger partial charge in [0.1, 0.15) is 6.42 Å². The molecule has 1 amide bonds. The molecule has 0 saturated heterocycles. The summed E-state index contributed by atoms with van der Waals surface area (Å²) in [7, 11) is 0. The molecular formula is C12H15NO4. The highest BCUT2D eigenvalue weighted by Gasteiger charge is 2.16. The Morgan fingerprint density at radius 1 is 1.29 bits per heavy atom.